The lowest BCUT2D eigenvalue weighted by atomic mass is 9.89. The Morgan fingerprint density at radius 1 is 1.17 bits per heavy atom. The number of aryl methyl sites for hydroxylation is 2. The Kier molecular flexibility index (Phi) is 7.02. The van der Waals surface area contributed by atoms with Crippen molar-refractivity contribution < 1.29 is 9.59 Å². The quantitative estimate of drug-likeness (QED) is 0.752. The first-order valence-electron chi connectivity index (χ1n) is 8.64. The summed E-state index contributed by atoms with van der Waals surface area (Å²) in [5, 5.41) is 6.82. The molecular formula is C17H27N3O2S. The van der Waals surface area contributed by atoms with Gasteiger partial charge in [-0.3, -0.25) is 9.59 Å². The van der Waals surface area contributed by atoms with Crippen molar-refractivity contribution in [3.05, 3.63) is 15.6 Å². The van der Waals surface area contributed by atoms with Gasteiger partial charge in [0.05, 0.1) is 10.7 Å². The van der Waals surface area contributed by atoms with Crippen LogP contribution in [0.5, 0.6) is 0 Å². The number of carbonyl (C=O) groups excluding carboxylic acids is 2. The van der Waals surface area contributed by atoms with E-state index >= 15 is 0 Å². The Bertz CT molecular complexity index is 536. The van der Waals surface area contributed by atoms with Gasteiger partial charge < -0.3 is 10.6 Å². The molecule has 6 heteroatoms. The van der Waals surface area contributed by atoms with Crippen molar-refractivity contribution in [1.82, 2.24) is 15.6 Å². The third-order valence-electron chi connectivity index (χ3n) is 4.20. The third-order valence-corrected chi connectivity index (χ3v) is 5.41. The molecule has 2 N–H and O–H groups in total. The monoisotopic (exact) mass is 337 g/mol. The van der Waals surface area contributed by atoms with Crippen molar-refractivity contribution in [2.75, 3.05) is 13.1 Å². The van der Waals surface area contributed by atoms with E-state index in [2.05, 4.69) is 22.5 Å². The first-order valence-corrected chi connectivity index (χ1v) is 9.45. The molecule has 0 saturated heterocycles. The maximum absolute atomic E-state index is 12.2. The van der Waals surface area contributed by atoms with Crippen molar-refractivity contribution in [1.29, 1.82) is 0 Å². The van der Waals surface area contributed by atoms with E-state index in [1.807, 2.05) is 6.92 Å². The summed E-state index contributed by atoms with van der Waals surface area (Å²) in [4.78, 5) is 29.3. The highest BCUT2D eigenvalue weighted by Gasteiger charge is 2.20. The van der Waals surface area contributed by atoms with Gasteiger partial charge in [-0.1, -0.05) is 26.2 Å². The second-order valence-electron chi connectivity index (χ2n) is 6.15. The molecule has 1 fully saturated rings. The fourth-order valence-electron chi connectivity index (χ4n) is 2.93. The zero-order valence-electron chi connectivity index (χ0n) is 14.1. The maximum atomic E-state index is 12.2. The minimum atomic E-state index is -0.0886. The van der Waals surface area contributed by atoms with Crippen LogP contribution in [0.25, 0.3) is 0 Å². The van der Waals surface area contributed by atoms with Crippen LogP contribution in [0.3, 0.4) is 0 Å². The van der Waals surface area contributed by atoms with Crippen molar-refractivity contribution >= 4 is 23.2 Å². The molecule has 0 atom stereocenters. The fourth-order valence-corrected chi connectivity index (χ4v) is 4.02. The molecule has 1 aromatic rings. The number of hydrogen-bond donors (Lipinski definition) is 2. The molecule has 0 radical (unpaired) electrons. The van der Waals surface area contributed by atoms with Gasteiger partial charge in [-0.25, -0.2) is 4.98 Å². The molecule has 1 saturated carbocycles. The van der Waals surface area contributed by atoms with Crippen molar-refractivity contribution in [3.63, 3.8) is 0 Å². The van der Waals surface area contributed by atoms with Gasteiger partial charge in [-0.05, 0) is 32.6 Å². The standard InChI is InChI=1S/C17H27N3O2S/c1-3-7-14-20-12(2)15(23-14)17(22)19-11-10-18-16(21)13-8-5-4-6-9-13/h13H,3-11H2,1-2H3,(H,18,21)(H,19,22). The van der Waals surface area contributed by atoms with E-state index in [4.69, 9.17) is 0 Å². The van der Waals surface area contributed by atoms with Gasteiger partial charge in [0.2, 0.25) is 5.91 Å². The van der Waals surface area contributed by atoms with Crippen LogP contribution in [-0.2, 0) is 11.2 Å². The van der Waals surface area contributed by atoms with E-state index in [0.29, 0.717) is 18.0 Å². The molecule has 0 bridgehead atoms. The molecule has 5 nitrogen and oxygen atoms in total. The van der Waals surface area contributed by atoms with E-state index < -0.39 is 0 Å². The number of carbonyl (C=O) groups is 2. The lowest BCUT2D eigenvalue weighted by molar-refractivity contribution is -0.125. The van der Waals surface area contributed by atoms with E-state index in [0.717, 1.165) is 49.2 Å². The molecule has 1 aliphatic rings. The Hall–Kier alpha value is -1.43. The summed E-state index contributed by atoms with van der Waals surface area (Å²) in [7, 11) is 0. The second kappa shape index (κ2) is 9.01. The van der Waals surface area contributed by atoms with Gasteiger partial charge in [0.1, 0.15) is 4.88 Å². The summed E-state index contributed by atoms with van der Waals surface area (Å²) >= 11 is 1.47. The number of aromatic nitrogens is 1. The van der Waals surface area contributed by atoms with Crippen molar-refractivity contribution in [3.8, 4) is 0 Å². The molecule has 1 heterocycles. The highest BCUT2D eigenvalue weighted by atomic mass is 32.1. The Morgan fingerprint density at radius 3 is 2.57 bits per heavy atom. The van der Waals surface area contributed by atoms with Crippen LogP contribution in [0.15, 0.2) is 0 Å². The van der Waals surface area contributed by atoms with Crippen LogP contribution in [-0.4, -0.2) is 29.9 Å². The summed E-state index contributed by atoms with van der Waals surface area (Å²) in [6, 6.07) is 0. The number of amides is 2. The van der Waals surface area contributed by atoms with E-state index in [9.17, 15) is 9.59 Å². The summed E-state index contributed by atoms with van der Waals surface area (Å²) in [6.07, 6.45) is 7.49. The SMILES string of the molecule is CCCc1nc(C)c(C(=O)NCCNC(=O)C2CCCCC2)s1. The molecule has 2 rings (SSSR count). The molecular weight excluding hydrogens is 310 g/mol. The van der Waals surface area contributed by atoms with Gasteiger partial charge in [-0.2, -0.15) is 0 Å². The zero-order chi connectivity index (χ0) is 16.7. The molecule has 1 aromatic heterocycles. The van der Waals surface area contributed by atoms with Gasteiger partial charge >= 0.3 is 0 Å². The normalized spacial score (nSPS) is 15.4. The first-order chi connectivity index (χ1) is 11.1. The van der Waals surface area contributed by atoms with E-state index in [1.54, 1.807) is 0 Å². The highest BCUT2D eigenvalue weighted by molar-refractivity contribution is 7.13. The van der Waals surface area contributed by atoms with Gasteiger partial charge in [-0.15, -0.1) is 11.3 Å². The summed E-state index contributed by atoms with van der Waals surface area (Å²) in [5.41, 5.74) is 0.794. The number of hydrogen-bond acceptors (Lipinski definition) is 4. The van der Waals surface area contributed by atoms with E-state index in [1.165, 1.54) is 17.8 Å². The van der Waals surface area contributed by atoms with Crippen molar-refractivity contribution in [2.45, 2.75) is 58.8 Å². The van der Waals surface area contributed by atoms with Crippen molar-refractivity contribution in [2.24, 2.45) is 5.92 Å². The molecule has 0 unspecified atom stereocenters. The molecule has 0 spiro atoms. The highest BCUT2D eigenvalue weighted by Crippen LogP contribution is 2.23. The van der Waals surface area contributed by atoms with Gasteiger partial charge in [0, 0.05) is 19.0 Å². The van der Waals surface area contributed by atoms with Crippen LogP contribution in [0.2, 0.25) is 0 Å². The van der Waals surface area contributed by atoms with E-state index in [-0.39, 0.29) is 17.7 Å². The Labute approximate surface area is 142 Å². The molecule has 2 amide bonds. The second-order valence-corrected chi connectivity index (χ2v) is 7.24. The minimum Gasteiger partial charge on any atom is -0.354 e. The first kappa shape index (κ1) is 17.9. The Balaban J connectivity index is 1.71. The lowest BCUT2D eigenvalue weighted by Gasteiger charge is -2.20. The summed E-state index contributed by atoms with van der Waals surface area (Å²) < 4.78 is 0. The van der Waals surface area contributed by atoms with Gasteiger partial charge in [0.15, 0.2) is 0 Å². The van der Waals surface area contributed by atoms with Crippen LogP contribution in [0.4, 0.5) is 0 Å². The number of thiazole rings is 1. The summed E-state index contributed by atoms with van der Waals surface area (Å²) in [6.45, 7) is 4.92. The Morgan fingerprint density at radius 2 is 1.87 bits per heavy atom. The average Bonchev–Trinajstić information content (AvgIpc) is 2.93. The minimum absolute atomic E-state index is 0.0886. The molecule has 1 aliphatic carbocycles. The van der Waals surface area contributed by atoms with Crippen LogP contribution in [0.1, 0.15) is 65.8 Å². The van der Waals surface area contributed by atoms with Gasteiger partial charge in [0.25, 0.3) is 5.91 Å². The number of nitrogens with zero attached hydrogens (tertiary/aromatic N) is 1. The lowest BCUT2D eigenvalue weighted by Crippen LogP contribution is -2.38. The smallest absolute Gasteiger partial charge is 0.263 e. The largest absolute Gasteiger partial charge is 0.354 e. The molecule has 23 heavy (non-hydrogen) atoms. The van der Waals surface area contributed by atoms with Crippen LogP contribution >= 0.6 is 11.3 Å². The third kappa shape index (κ3) is 5.30. The van der Waals surface area contributed by atoms with Crippen LogP contribution in [0, 0.1) is 12.8 Å². The maximum Gasteiger partial charge on any atom is 0.263 e. The van der Waals surface area contributed by atoms with Crippen LogP contribution < -0.4 is 10.6 Å². The fraction of sp³-hybridized carbons (Fsp3) is 0.706. The molecule has 0 aliphatic heterocycles. The number of rotatable bonds is 7. The zero-order valence-corrected chi connectivity index (χ0v) is 14.9. The predicted molar refractivity (Wildman–Crippen MR) is 92.8 cm³/mol. The molecule has 128 valence electrons. The molecule has 0 aromatic carbocycles. The summed E-state index contributed by atoms with van der Waals surface area (Å²) in [5.74, 6) is 0.215. The average molecular weight is 337 g/mol. The topological polar surface area (TPSA) is 71.1 Å². The predicted octanol–water partition coefficient (Wildman–Crippen LogP) is 2.83. The number of nitrogens with one attached hydrogen (secondary N) is 2.